The number of thiazole rings is 1. The second-order valence-electron chi connectivity index (χ2n) is 5.93. The zero-order valence-electron chi connectivity index (χ0n) is 14.5. The highest BCUT2D eigenvalue weighted by atomic mass is 32.1. The molecule has 0 spiro atoms. The summed E-state index contributed by atoms with van der Waals surface area (Å²) in [5.74, 6) is 4.75. The van der Waals surface area contributed by atoms with Crippen LogP contribution >= 0.6 is 11.3 Å². The first-order valence-corrected chi connectivity index (χ1v) is 9.05. The van der Waals surface area contributed by atoms with E-state index >= 15 is 0 Å². The smallest absolute Gasteiger partial charge is 0.357 e. The molecule has 6 nitrogen and oxygen atoms in total. The van der Waals surface area contributed by atoms with Gasteiger partial charge in [0, 0.05) is 36.5 Å². The molecule has 2 heterocycles. The molecule has 0 unspecified atom stereocenters. The van der Waals surface area contributed by atoms with Crippen LogP contribution in [0.25, 0.3) is 10.6 Å². The van der Waals surface area contributed by atoms with Crippen molar-refractivity contribution in [2.45, 2.75) is 18.9 Å². The van der Waals surface area contributed by atoms with Gasteiger partial charge in [-0.25, -0.2) is 9.78 Å². The van der Waals surface area contributed by atoms with Crippen molar-refractivity contribution in [3.05, 3.63) is 40.9 Å². The number of likely N-dealkylation sites (N-methyl/N-ethyl adjacent to an activating group) is 1. The lowest BCUT2D eigenvalue weighted by molar-refractivity contribution is -0.137. The number of aromatic nitrogens is 1. The lowest BCUT2D eigenvalue weighted by Gasteiger charge is -2.13. The van der Waals surface area contributed by atoms with Gasteiger partial charge in [0.25, 0.3) is 5.91 Å². The summed E-state index contributed by atoms with van der Waals surface area (Å²) in [6.07, 6.45) is 0.296. The minimum absolute atomic E-state index is 0.275. The van der Waals surface area contributed by atoms with Crippen LogP contribution in [-0.2, 0) is 9.53 Å². The van der Waals surface area contributed by atoms with E-state index in [0.717, 1.165) is 5.56 Å². The lowest BCUT2D eigenvalue weighted by Crippen LogP contribution is -2.37. The van der Waals surface area contributed by atoms with Crippen LogP contribution in [0, 0.1) is 11.8 Å². The molecule has 1 N–H and O–H groups in total. The van der Waals surface area contributed by atoms with Gasteiger partial charge in [-0.2, -0.15) is 0 Å². The van der Waals surface area contributed by atoms with E-state index in [1.165, 1.54) is 16.2 Å². The van der Waals surface area contributed by atoms with Gasteiger partial charge in [-0.3, -0.25) is 4.79 Å². The van der Waals surface area contributed by atoms with E-state index in [1.54, 1.807) is 25.4 Å². The lowest BCUT2D eigenvalue weighted by atomic mass is 10.0. The molecule has 0 aliphatic carbocycles. The van der Waals surface area contributed by atoms with Crippen LogP contribution in [0.15, 0.2) is 29.6 Å². The van der Waals surface area contributed by atoms with Crippen LogP contribution in [-0.4, -0.2) is 52.7 Å². The van der Waals surface area contributed by atoms with Gasteiger partial charge in [0.2, 0.25) is 5.60 Å². The van der Waals surface area contributed by atoms with Gasteiger partial charge in [-0.15, -0.1) is 11.3 Å². The van der Waals surface area contributed by atoms with Crippen LogP contribution in [0.5, 0.6) is 0 Å². The molecule has 1 aromatic heterocycles. The molecule has 7 heteroatoms. The third-order valence-electron chi connectivity index (χ3n) is 4.02. The molecule has 2 aromatic rings. The average Bonchev–Trinajstić information content (AvgIpc) is 3.23. The number of likely N-dealkylation sites (tertiary alicyclic amines) is 1. The third-order valence-corrected chi connectivity index (χ3v) is 4.91. The van der Waals surface area contributed by atoms with Crippen LogP contribution in [0.2, 0.25) is 0 Å². The molecule has 1 aliphatic heterocycles. The molecular weight excluding hydrogens is 352 g/mol. The fraction of sp³-hybridized carbons (Fsp3) is 0.316. The summed E-state index contributed by atoms with van der Waals surface area (Å²) in [6.45, 7) is 2.53. The summed E-state index contributed by atoms with van der Waals surface area (Å²) in [5.41, 5.74) is 0.117. The Kier molecular flexibility index (Phi) is 5.07. The number of amides is 1. The summed E-state index contributed by atoms with van der Waals surface area (Å²) >= 11 is 1.34. The van der Waals surface area contributed by atoms with Crippen molar-refractivity contribution in [1.82, 2.24) is 9.88 Å². The summed E-state index contributed by atoms with van der Waals surface area (Å²) < 4.78 is 4.95. The number of nitrogens with zero attached hydrogens (tertiary/aromatic N) is 2. The first-order valence-electron chi connectivity index (χ1n) is 8.17. The molecule has 1 fully saturated rings. The van der Waals surface area contributed by atoms with Gasteiger partial charge >= 0.3 is 5.97 Å². The van der Waals surface area contributed by atoms with E-state index < -0.39 is 11.6 Å². The maximum absolute atomic E-state index is 12.0. The van der Waals surface area contributed by atoms with Crippen molar-refractivity contribution in [3.63, 3.8) is 0 Å². The quantitative estimate of drug-likeness (QED) is 0.660. The molecule has 0 bridgehead atoms. The molecule has 26 heavy (non-hydrogen) atoms. The number of aliphatic hydroxyl groups is 1. The molecule has 1 aromatic carbocycles. The molecule has 0 saturated carbocycles. The standard InChI is InChI=1S/C19H18N2O4S/c1-3-25-17(22)15-12-26-16(20-15)14-6-4-5-13(11-14)7-8-19(24)9-10-21(2)18(19)23/h4-6,11-12,24H,3,9-10H2,1-2H3/t19-/m0/s1. The normalized spacial score (nSPS) is 19.2. The van der Waals surface area contributed by atoms with E-state index in [4.69, 9.17) is 4.74 Å². The van der Waals surface area contributed by atoms with Gasteiger partial charge in [0.05, 0.1) is 6.61 Å². The minimum atomic E-state index is -1.62. The molecular formula is C19H18N2O4S. The average molecular weight is 370 g/mol. The Morgan fingerprint density at radius 2 is 2.31 bits per heavy atom. The topological polar surface area (TPSA) is 79.7 Å². The highest BCUT2D eigenvalue weighted by Crippen LogP contribution is 2.25. The third kappa shape index (κ3) is 3.62. The Morgan fingerprint density at radius 3 is 3.00 bits per heavy atom. The van der Waals surface area contributed by atoms with Crippen LogP contribution in [0.3, 0.4) is 0 Å². The van der Waals surface area contributed by atoms with Crippen molar-refractivity contribution in [2.24, 2.45) is 0 Å². The number of carbonyl (C=O) groups excluding carboxylic acids is 2. The molecule has 134 valence electrons. The Hall–Kier alpha value is -2.69. The minimum Gasteiger partial charge on any atom is -0.461 e. The van der Waals surface area contributed by atoms with Gasteiger partial charge in [0.15, 0.2) is 5.69 Å². The van der Waals surface area contributed by atoms with Crippen LogP contribution < -0.4 is 0 Å². The van der Waals surface area contributed by atoms with Gasteiger partial charge in [0.1, 0.15) is 5.01 Å². The number of hydrogen-bond acceptors (Lipinski definition) is 6. The van der Waals surface area contributed by atoms with Crippen molar-refractivity contribution in [1.29, 1.82) is 0 Å². The molecule has 1 aliphatic rings. The fourth-order valence-corrected chi connectivity index (χ4v) is 3.37. The Bertz CT molecular complexity index is 912. The van der Waals surface area contributed by atoms with Gasteiger partial charge in [-0.05, 0) is 19.1 Å². The van der Waals surface area contributed by atoms with Gasteiger partial charge < -0.3 is 14.7 Å². The maximum Gasteiger partial charge on any atom is 0.357 e. The van der Waals surface area contributed by atoms with Crippen LogP contribution in [0.1, 0.15) is 29.4 Å². The summed E-state index contributed by atoms with van der Waals surface area (Å²) in [5, 5.41) is 12.7. The SMILES string of the molecule is CCOC(=O)c1csc(-c2cccc(C#C[C@]3(O)CCN(C)C3=O)c2)n1. The highest BCUT2D eigenvalue weighted by molar-refractivity contribution is 7.13. The number of ether oxygens (including phenoxy) is 1. The molecule has 3 rings (SSSR count). The Balaban J connectivity index is 1.83. The van der Waals surface area contributed by atoms with Crippen molar-refractivity contribution in [2.75, 3.05) is 20.2 Å². The summed E-state index contributed by atoms with van der Waals surface area (Å²) in [7, 11) is 1.65. The summed E-state index contributed by atoms with van der Waals surface area (Å²) in [6, 6.07) is 7.29. The zero-order valence-corrected chi connectivity index (χ0v) is 15.3. The number of carbonyl (C=O) groups is 2. The van der Waals surface area contributed by atoms with E-state index in [0.29, 0.717) is 30.1 Å². The van der Waals surface area contributed by atoms with Gasteiger partial charge in [-0.1, -0.05) is 24.0 Å². The predicted octanol–water partition coefficient (Wildman–Crippen LogP) is 1.93. The van der Waals surface area contributed by atoms with Crippen molar-refractivity contribution >= 4 is 23.2 Å². The second kappa shape index (κ2) is 7.28. The van der Waals surface area contributed by atoms with Crippen LogP contribution in [0.4, 0.5) is 0 Å². The second-order valence-corrected chi connectivity index (χ2v) is 6.78. The molecule has 0 radical (unpaired) electrons. The molecule has 1 saturated heterocycles. The Labute approximate surface area is 155 Å². The van der Waals surface area contributed by atoms with E-state index in [9.17, 15) is 14.7 Å². The highest BCUT2D eigenvalue weighted by Gasteiger charge is 2.42. The number of hydrogen-bond donors (Lipinski definition) is 1. The zero-order chi connectivity index (χ0) is 18.7. The first kappa shape index (κ1) is 18.1. The fourth-order valence-electron chi connectivity index (χ4n) is 2.58. The summed E-state index contributed by atoms with van der Waals surface area (Å²) in [4.78, 5) is 29.5. The number of benzene rings is 1. The number of rotatable bonds is 3. The largest absolute Gasteiger partial charge is 0.461 e. The monoisotopic (exact) mass is 370 g/mol. The molecule has 1 amide bonds. The van der Waals surface area contributed by atoms with E-state index in [1.807, 2.05) is 18.2 Å². The predicted molar refractivity (Wildman–Crippen MR) is 97.6 cm³/mol. The van der Waals surface area contributed by atoms with E-state index in [-0.39, 0.29) is 11.6 Å². The van der Waals surface area contributed by atoms with E-state index in [2.05, 4.69) is 16.8 Å². The molecule has 1 atom stereocenters. The number of esters is 1. The Morgan fingerprint density at radius 1 is 1.50 bits per heavy atom. The maximum atomic E-state index is 12.0. The van der Waals surface area contributed by atoms with Crippen molar-refractivity contribution in [3.8, 4) is 22.4 Å². The first-order chi connectivity index (χ1) is 12.4. The van der Waals surface area contributed by atoms with Crippen molar-refractivity contribution < 1.29 is 19.4 Å².